The van der Waals surface area contributed by atoms with Gasteiger partial charge in [-0.3, -0.25) is 4.79 Å². The number of amides is 1. The van der Waals surface area contributed by atoms with Crippen molar-refractivity contribution in [2.24, 2.45) is 0 Å². The molecule has 1 aromatic carbocycles. The van der Waals surface area contributed by atoms with Crippen LogP contribution in [0.4, 0.5) is 0 Å². The zero-order valence-corrected chi connectivity index (χ0v) is 11.4. The van der Waals surface area contributed by atoms with E-state index in [2.05, 4.69) is 5.32 Å². The molecule has 0 aliphatic heterocycles. The number of aliphatic hydroxyl groups is 1. The van der Waals surface area contributed by atoms with Gasteiger partial charge in [0.25, 0.3) is 0 Å². The molecule has 0 radical (unpaired) electrons. The Morgan fingerprint density at radius 1 is 1.33 bits per heavy atom. The SMILES string of the molecule is CC(CCCO)NC(=O)C(C)(C)c1ccccc1. The normalized spacial score (nSPS) is 13.1. The van der Waals surface area contributed by atoms with Gasteiger partial charge < -0.3 is 10.4 Å². The molecular formula is C15H23NO2. The zero-order chi connectivity index (χ0) is 13.6. The molecule has 0 aromatic heterocycles. The van der Waals surface area contributed by atoms with Crippen molar-refractivity contribution in [3.05, 3.63) is 35.9 Å². The lowest BCUT2D eigenvalue weighted by atomic mass is 9.83. The molecule has 0 heterocycles. The summed E-state index contributed by atoms with van der Waals surface area (Å²) in [6, 6.07) is 9.86. The molecular weight excluding hydrogens is 226 g/mol. The second kappa shape index (κ2) is 6.55. The molecule has 1 rings (SSSR count). The van der Waals surface area contributed by atoms with Crippen LogP contribution in [0.15, 0.2) is 30.3 Å². The maximum atomic E-state index is 12.3. The third-order valence-electron chi connectivity index (χ3n) is 3.24. The van der Waals surface area contributed by atoms with E-state index in [0.717, 1.165) is 12.0 Å². The first-order chi connectivity index (χ1) is 8.48. The van der Waals surface area contributed by atoms with E-state index in [1.54, 1.807) is 0 Å². The molecule has 0 saturated heterocycles. The van der Waals surface area contributed by atoms with Crippen molar-refractivity contribution < 1.29 is 9.90 Å². The highest BCUT2D eigenvalue weighted by Gasteiger charge is 2.30. The summed E-state index contributed by atoms with van der Waals surface area (Å²) in [5.41, 5.74) is 0.478. The van der Waals surface area contributed by atoms with Gasteiger partial charge in [-0.2, -0.15) is 0 Å². The van der Waals surface area contributed by atoms with Crippen LogP contribution in [0, 0.1) is 0 Å². The van der Waals surface area contributed by atoms with Crippen LogP contribution < -0.4 is 5.32 Å². The Hall–Kier alpha value is -1.35. The average molecular weight is 249 g/mol. The Morgan fingerprint density at radius 3 is 2.50 bits per heavy atom. The van der Waals surface area contributed by atoms with Gasteiger partial charge in [0.15, 0.2) is 0 Å². The lowest BCUT2D eigenvalue weighted by Gasteiger charge is -2.26. The van der Waals surface area contributed by atoms with Crippen molar-refractivity contribution in [2.45, 2.75) is 45.1 Å². The Morgan fingerprint density at radius 2 is 1.94 bits per heavy atom. The predicted molar refractivity (Wildman–Crippen MR) is 73.4 cm³/mol. The average Bonchev–Trinajstić information content (AvgIpc) is 2.37. The van der Waals surface area contributed by atoms with E-state index in [1.165, 1.54) is 0 Å². The molecule has 18 heavy (non-hydrogen) atoms. The van der Waals surface area contributed by atoms with E-state index in [1.807, 2.05) is 51.1 Å². The van der Waals surface area contributed by atoms with E-state index in [-0.39, 0.29) is 18.6 Å². The number of carbonyl (C=O) groups is 1. The lowest BCUT2D eigenvalue weighted by molar-refractivity contribution is -0.126. The third kappa shape index (κ3) is 3.84. The first kappa shape index (κ1) is 14.7. The second-order valence-corrected chi connectivity index (χ2v) is 5.23. The molecule has 1 aromatic rings. The van der Waals surface area contributed by atoms with Crippen LogP contribution in [-0.4, -0.2) is 23.7 Å². The number of aliphatic hydroxyl groups excluding tert-OH is 1. The van der Waals surface area contributed by atoms with Crippen LogP contribution in [0.25, 0.3) is 0 Å². The number of hydrogen-bond donors (Lipinski definition) is 2. The van der Waals surface area contributed by atoms with E-state index in [0.29, 0.717) is 6.42 Å². The highest BCUT2D eigenvalue weighted by molar-refractivity contribution is 5.87. The molecule has 100 valence electrons. The maximum Gasteiger partial charge on any atom is 0.230 e. The van der Waals surface area contributed by atoms with Crippen molar-refractivity contribution in [1.82, 2.24) is 5.32 Å². The summed E-state index contributed by atoms with van der Waals surface area (Å²) in [6.45, 7) is 5.99. The molecule has 2 N–H and O–H groups in total. The predicted octanol–water partition coefficient (Wildman–Crippen LogP) is 2.24. The smallest absolute Gasteiger partial charge is 0.230 e. The molecule has 0 aliphatic carbocycles. The summed E-state index contributed by atoms with van der Waals surface area (Å²) in [6.07, 6.45) is 1.51. The molecule has 1 amide bonds. The molecule has 0 aliphatic rings. The van der Waals surface area contributed by atoms with Crippen LogP contribution in [0.5, 0.6) is 0 Å². The van der Waals surface area contributed by atoms with Crippen LogP contribution in [0.2, 0.25) is 0 Å². The quantitative estimate of drug-likeness (QED) is 0.812. The first-order valence-corrected chi connectivity index (χ1v) is 6.46. The van der Waals surface area contributed by atoms with Gasteiger partial charge in [-0.15, -0.1) is 0 Å². The standard InChI is InChI=1S/C15H23NO2/c1-12(8-7-11-17)16-14(18)15(2,3)13-9-5-4-6-10-13/h4-6,9-10,12,17H,7-8,11H2,1-3H3,(H,16,18). The van der Waals surface area contributed by atoms with Crippen LogP contribution in [-0.2, 0) is 10.2 Å². The van der Waals surface area contributed by atoms with Crippen LogP contribution in [0.3, 0.4) is 0 Å². The lowest BCUT2D eigenvalue weighted by Crippen LogP contribution is -2.44. The summed E-state index contributed by atoms with van der Waals surface area (Å²) >= 11 is 0. The second-order valence-electron chi connectivity index (χ2n) is 5.23. The van der Waals surface area contributed by atoms with Crippen LogP contribution in [0.1, 0.15) is 39.2 Å². The number of carbonyl (C=O) groups excluding carboxylic acids is 1. The number of rotatable bonds is 6. The van der Waals surface area contributed by atoms with Gasteiger partial charge in [-0.05, 0) is 39.2 Å². The monoisotopic (exact) mass is 249 g/mol. The topological polar surface area (TPSA) is 49.3 Å². The largest absolute Gasteiger partial charge is 0.396 e. The Kier molecular flexibility index (Phi) is 5.35. The molecule has 3 heteroatoms. The summed E-state index contributed by atoms with van der Waals surface area (Å²) in [4.78, 5) is 12.3. The highest BCUT2D eigenvalue weighted by atomic mass is 16.3. The molecule has 0 fully saturated rings. The van der Waals surface area contributed by atoms with Gasteiger partial charge in [-0.1, -0.05) is 30.3 Å². The van der Waals surface area contributed by atoms with Crippen LogP contribution >= 0.6 is 0 Å². The summed E-state index contributed by atoms with van der Waals surface area (Å²) in [5, 5.41) is 11.8. The summed E-state index contributed by atoms with van der Waals surface area (Å²) in [7, 11) is 0. The zero-order valence-electron chi connectivity index (χ0n) is 11.4. The van der Waals surface area contributed by atoms with Gasteiger partial charge in [0.2, 0.25) is 5.91 Å². The van der Waals surface area contributed by atoms with E-state index in [4.69, 9.17) is 5.11 Å². The van der Waals surface area contributed by atoms with Gasteiger partial charge >= 0.3 is 0 Å². The number of benzene rings is 1. The van der Waals surface area contributed by atoms with Gasteiger partial charge in [0.05, 0.1) is 5.41 Å². The fourth-order valence-corrected chi connectivity index (χ4v) is 1.86. The Bertz CT molecular complexity index is 373. The molecule has 0 saturated carbocycles. The summed E-state index contributed by atoms with van der Waals surface area (Å²) < 4.78 is 0. The molecule has 0 spiro atoms. The van der Waals surface area contributed by atoms with Crippen molar-refractivity contribution >= 4 is 5.91 Å². The number of nitrogens with one attached hydrogen (secondary N) is 1. The maximum absolute atomic E-state index is 12.3. The van der Waals surface area contributed by atoms with Gasteiger partial charge in [0, 0.05) is 12.6 Å². The van der Waals surface area contributed by atoms with Crippen molar-refractivity contribution in [2.75, 3.05) is 6.61 Å². The van der Waals surface area contributed by atoms with Gasteiger partial charge in [0.1, 0.15) is 0 Å². The Labute approximate surface area is 109 Å². The molecule has 3 nitrogen and oxygen atoms in total. The van der Waals surface area contributed by atoms with Crippen molar-refractivity contribution in [3.8, 4) is 0 Å². The first-order valence-electron chi connectivity index (χ1n) is 6.46. The van der Waals surface area contributed by atoms with E-state index >= 15 is 0 Å². The fourth-order valence-electron chi connectivity index (χ4n) is 1.86. The van der Waals surface area contributed by atoms with E-state index < -0.39 is 5.41 Å². The minimum absolute atomic E-state index is 0.0270. The van der Waals surface area contributed by atoms with E-state index in [9.17, 15) is 4.79 Å². The van der Waals surface area contributed by atoms with Crippen molar-refractivity contribution in [3.63, 3.8) is 0 Å². The molecule has 1 atom stereocenters. The minimum Gasteiger partial charge on any atom is -0.396 e. The number of hydrogen-bond acceptors (Lipinski definition) is 2. The fraction of sp³-hybridized carbons (Fsp3) is 0.533. The summed E-state index contributed by atoms with van der Waals surface area (Å²) in [5.74, 6) is 0.0270. The molecule has 1 unspecified atom stereocenters. The minimum atomic E-state index is -0.533. The third-order valence-corrected chi connectivity index (χ3v) is 3.24. The highest BCUT2D eigenvalue weighted by Crippen LogP contribution is 2.23. The molecule has 0 bridgehead atoms. The van der Waals surface area contributed by atoms with Gasteiger partial charge in [-0.25, -0.2) is 0 Å². The van der Waals surface area contributed by atoms with Crippen molar-refractivity contribution in [1.29, 1.82) is 0 Å². The Balaban J connectivity index is 2.65.